The van der Waals surface area contributed by atoms with Crippen LogP contribution in [-0.4, -0.2) is 23.9 Å². The van der Waals surface area contributed by atoms with E-state index in [-0.39, 0.29) is 5.97 Å². The van der Waals surface area contributed by atoms with Crippen molar-refractivity contribution in [3.8, 4) is 5.75 Å². The number of rotatable bonds is 7. The molecule has 0 saturated heterocycles. The average molecular weight is 457 g/mol. The van der Waals surface area contributed by atoms with Crippen LogP contribution in [0.5, 0.6) is 5.75 Å². The van der Waals surface area contributed by atoms with Gasteiger partial charge in [-0.15, -0.1) is 11.8 Å². The lowest BCUT2D eigenvalue weighted by molar-refractivity contribution is 0.0526. The molecule has 0 unspecified atom stereocenters. The predicted molar refractivity (Wildman–Crippen MR) is 136 cm³/mol. The molecule has 2 aromatic carbocycles. The van der Waals surface area contributed by atoms with Crippen molar-refractivity contribution in [3.63, 3.8) is 0 Å². The van der Waals surface area contributed by atoms with Crippen LogP contribution in [-0.2, 0) is 10.2 Å². The summed E-state index contributed by atoms with van der Waals surface area (Å²) in [5.74, 6) is 0.513. The number of aryl methyl sites for hydroxylation is 1. The van der Waals surface area contributed by atoms with E-state index in [4.69, 9.17) is 9.47 Å². The molecule has 32 heavy (non-hydrogen) atoms. The van der Waals surface area contributed by atoms with Crippen LogP contribution in [0.2, 0.25) is 0 Å². The second kappa shape index (κ2) is 11.8. The quantitative estimate of drug-likeness (QED) is 0.312. The number of benzene rings is 2. The van der Waals surface area contributed by atoms with Crippen molar-refractivity contribution in [3.05, 3.63) is 59.2 Å². The monoisotopic (exact) mass is 456 g/mol. The highest BCUT2D eigenvalue weighted by atomic mass is 32.2. The molecule has 1 aliphatic rings. The Balaban J connectivity index is 0.000000228. The highest BCUT2D eigenvalue weighted by molar-refractivity contribution is 8.00. The number of esters is 1. The third-order valence-electron chi connectivity index (χ3n) is 5.50. The van der Waals surface area contributed by atoms with E-state index >= 15 is 0 Å². The van der Waals surface area contributed by atoms with Gasteiger partial charge in [-0.1, -0.05) is 59.6 Å². The summed E-state index contributed by atoms with van der Waals surface area (Å²) in [5, 5.41) is 0. The summed E-state index contributed by atoms with van der Waals surface area (Å²) in [6, 6.07) is 14.0. The van der Waals surface area contributed by atoms with Gasteiger partial charge in [0, 0.05) is 9.64 Å². The van der Waals surface area contributed by atoms with Crippen molar-refractivity contribution in [1.82, 2.24) is 0 Å². The van der Waals surface area contributed by atoms with Crippen LogP contribution in [0.25, 0.3) is 0 Å². The normalized spacial score (nSPS) is 15.7. The maximum atomic E-state index is 11.4. The lowest BCUT2D eigenvalue weighted by Crippen LogP contribution is -2.33. The van der Waals surface area contributed by atoms with Gasteiger partial charge in [0.05, 0.1) is 18.8 Å². The van der Waals surface area contributed by atoms with Crippen LogP contribution < -0.4 is 4.74 Å². The Morgan fingerprint density at radius 1 is 1.00 bits per heavy atom. The maximum absolute atomic E-state index is 11.4. The summed E-state index contributed by atoms with van der Waals surface area (Å²) >= 11 is 2.03. The first-order chi connectivity index (χ1) is 15.1. The molecule has 0 atom stereocenters. The Bertz CT molecular complexity index is 869. The highest BCUT2D eigenvalue weighted by Crippen LogP contribution is 2.50. The van der Waals surface area contributed by atoms with E-state index < -0.39 is 0 Å². The van der Waals surface area contributed by atoms with E-state index in [0.717, 1.165) is 18.8 Å². The molecule has 0 amide bonds. The number of carbonyl (C=O) groups excluding carboxylic acids is 1. The molecule has 0 N–H and O–H groups in total. The molecular weight excluding hydrogens is 416 g/mol. The van der Waals surface area contributed by atoms with E-state index in [0.29, 0.717) is 22.3 Å². The Labute approximate surface area is 199 Å². The first-order valence-corrected chi connectivity index (χ1v) is 12.6. The molecule has 1 heterocycles. The molecule has 0 fully saturated rings. The van der Waals surface area contributed by atoms with Gasteiger partial charge in [-0.2, -0.15) is 0 Å². The molecular formula is C28H40O3S. The van der Waals surface area contributed by atoms with Gasteiger partial charge in [-0.05, 0) is 73.6 Å². The number of fused-ring (bicyclic) bond motifs is 1. The standard InChI is InChI=1S/C14H20O3.C14H20S/c1-3-5-6-11-17-13-9-7-12(8-10-13)14(15)16-4-2;1-10-6-7-11-12(8-10)15-14(4,5)9-13(11,2)3/h7-10H,3-6,11H2,1-2H3;6-8H,9H2,1-5H3. The fraction of sp³-hybridized carbons (Fsp3) is 0.536. The van der Waals surface area contributed by atoms with Gasteiger partial charge >= 0.3 is 5.97 Å². The molecule has 0 radical (unpaired) electrons. The van der Waals surface area contributed by atoms with Crippen molar-refractivity contribution < 1.29 is 14.3 Å². The zero-order valence-electron chi connectivity index (χ0n) is 20.9. The summed E-state index contributed by atoms with van der Waals surface area (Å²) in [6.07, 6.45) is 4.68. The van der Waals surface area contributed by atoms with Crippen molar-refractivity contribution in [1.29, 1.82) is 0 Å². The predicted octanol–water partition coefficient (Wildman–Crippen LogP) is 7.98. The third-order valence-corrected chi connectivity index (χ3v) is 6.76. The first kappa shape index (κ1) is 26.3. The second-order valence-corrected chi connectivity index (χ2v) is 11.5. The minimum absolute atomic E-state index is 0.287. The fourth-order valence-electron chi connectivity index (χ4n) is 4.21. The smallest absolute Gasteiger partial charge is 0.338 e. The van der Waals surface area contributed by atoms with E-state index in [9.17, 15) is 4.79 Å². The van der Waals surface area contributed by atoms with Crippen LogP contribution in [0.4, 0.5) is 0 Å². The Hall–Kier alpha value is -1.94. The van der Waals surface area contributed by atoms with Crippen molar-refractivity contribution in [2.45, 2.75) is 89.2 Å². The lowest BCUT2D eigenvalue weighted by Gasteiger charge is -2.41. The summed E-state index contributed by atoms with van der Waals surface area (Å²) in [6.45, 7) is 16.7. The summed E-state index contributed by atoms with van der Waals surface area (Å²) < 4.78 is 10.8. The first-order valence-electron chi connectivity index (χ1n) is 11.8. The molecule has 3 rings (SSSR count). The number of thioether (sulfide) groups is 1. The minimum Gasteiger partial charge on any atom is -0.494 e. The van der Waals surface area contributed by atoms with E-state index in [1.165, 1.54) is 35.3 Å². The summed E-state index contributed by atoms with van der Waals surface area (Å²) in [4.78, 5) is 12.9. The Morgan fingerprint density at radius 2 is 1.69 bits per heavy atom. The lowest BCUT2D eigenvalue weighted by atomic mass is 9.77. The van der Waals surface area contributed by atoms with Crippen molar-refractivity contribution in [2.24, 2.45) is 0 Å². The molecule has 0 aliphatic carbocycles. The maximum Gasteiger partial charge on any atom is 0.338 e. The molecule has 176 valence electrons. The fourth-order valence-corrected chi connectivity index (χ4v) is 5.94. The van der Waals surface area contributed by atoms with Gasteiger partial charge in [0.25, 0.3) is 0 Å². The summed E-state index contributed by atoms with van der Waals surface area (Å²) in [5.41, 5.74) is 3.78. The SMILES string of the molecule is CCCCCOc1ccc(C(=O)OCC)cc1.Cc1ccc2c(c1)SC(C)(C)CC2(C)C. The molecule has 4 heteroatoms. The molecule has 0 bridgehead atoms. The van der Waals surface area contributed by atoms with Crippen LogP contribution in [0.1, 0.15) is 88.7 Å². The minimum atomic E-state index is -0.287. The third kappa shape index (κ3) is 7.88. The van der Waals surface area contributed by atoms with Crippen LogP contribution in [0, 0.1) is 6.92 Å². The van der Waals surface area contributed by atoms with Crippen molar-refractivity contribution in [2.75, 3.05) is 13.2 Å². The van der Waals surface area contributed by atoms with Gasteiger partial charge in [0.15, 0.2) is 0 Å². The number of hydrogen-bond donors (Lipinski definition) is 0. The summed E-state index contributed by atoms with van der Waals surface area (Å²) in [7, 11) is 0. The van der Waals surface area contributed by atoms with Gasteiger partial charge in [-0.3, -0.25) is 0 Å². The van der Waals surface area contributed by atoms with Gasteiger partial charge in [0.1, 0.15) is 5.75 Å². The molecule has 1 aliphatic heterocycles. The second-order valence-electron chi connectivity index (χ2n) is 9.72. The molecule has 0 aromatic heterocycles. The van der Waals surface area contributed by atoms with Crippen LogP contribution in [0.3, 0.4) is 0 Å². The molecule has 2 aromatic rings. The number of ether oxygens (including phenoxy) is 2. The van der Waals surface area contributed by atoms with E-state index in [2.05, 4.69) is 59.7 Å². The number of hydrogen-bond acceptors (Lipinski definition) is 4. The van der Waals surface area contributed by atoms with E-state index in [1.54, 1.807) is 31.2 Å². The molecule has 3 nitrogen and oxygen atoms in total. The van der Waals surface area contributed by atoms with Crippen LogP contribution in [0.15, 0.2) is 47.4 Å². The largest absolute Gasteiger partial charge is 0.494 e. The zero-order chi connectivity index (χ0) is 23.8. The number of carbonyl (C=O) groups is 1. The Kier molecular flexibility index (Phi) is 9.69. The highest BCUT2D eigenvalue weighted by Gasteiger charge is 2.37. The average Bonchev–Trinajstić information content (AvgIpc) is 2.70. The Morgan fingerprint density at radius 3 is 2.31 bits per heavy atom. The topological polar surface area (TPSA) is 35.5 Å². The molecule has 0 saturated carbocycles. The zero-order valence-corrected chi connectivity index (χ0v) is 21.7. The van der Waals surface area contributed by atoms with Crippen LogP contribution >= 0.6 is 11.8 Å². The van der Waals surface area contributed by atoms with Crippen molar-refractivity contribution >= 4 is 17.7 Å². The molecule has 0 spiro atoms. The van der Waals surface area contributed by atoms with E-state index in [1.807, 2.05) is 11.8 Å². The number of unbranched alkanes of at least 4 members (excludes halogenated alkanes) is 2. The van der Waals surface area contributed by atoms with Gasteiger partial charge < -0.3 is 9.47 Å². The van der Waals surface area contributed by atoms with Gasteiger partial charge in [0.2, 0.25) is 0 Å². The van der Waals surface area contributed by atoms with Gasteiger partial charge in [-0.25, -0.2) is 4.79 Å².